The molecule has 1 saturated heterocycles. The largest absolute Gasteiger partial charge is 0.330 e. The summed E-state index contributed by atoms with van der Waals surface area (Å²) in [6.45, 7) is 1.01. The molecular weight excluding hydrogens is 332 g/mol. The Balaban J connectivity index is 1.64. The molecule has 4 rings (SSSR count). The summed E-state index contributed by atoms with van der Waals surface area (Å²) in [6.07, 6.45) is 4.30. The molecule has 1 atom stereocenters. The Kier molecular flexibility index (Phi) is 3.47. The van der Waals surface area contributed by atoms with Gasteiger partial charge in [-0.25, -0.2) is 13.4 Å². The number of imidazole rings is 1. The number of rotatable bonds is 3. The number of hydrogen-bond donors (Lipinski definition) is 0. The molecular formula is C15H16N4O2S2. The maximum atomic E-state index is 12.6. The van der Waals surface area contributed by atoms with Crippen molar-refractivity contribution in [2.24, 2.45) is 7.05 Å². The lowest BCUT2D eigenvalue weighted by atomic mass is 10.1. The van der Waals surface area contributed by atoms with Crippen molar-refractivity contribution in [2.45, 2.75) is 16.5 Å². The number of fused-ring (bicyclic) bond motifs is 1. The van der Waals surface area contributed by atoms with Crippen LogP contribution in [-0.2, 0) is 17.1 Å². The molecule has 23 heavy (non-hydrogen) atoms. The van der Waals surface area contributed by atoms with Gasteiger partial charge in [-0.2, -0.15) is 4.31 Å². The summed E-state index contributed by atoms with van der Waals surface area (Å²) in [4.78, 5) is 8.81. The number of hydrogen-bond acceptors (Lipinski definition) is 5. The van der Waals surface area contributed by atoms with E-state index in [1.54, 1.807) is 34.2 Å². The smallest absolute Gasteiger partial charge is 0.252 e. The maximum absolute atomic E-state index is 12.6. The molecule has 0 aliphatic carbocycles. The van der Waals surface area contributed by atoms with Crippen molar-refractivity contribution >= 4 is 32.4 Å². The summed E-state index contributed by atoms with van der Waals surface area (Å²) in [5.74, 6) is 1.04. The lowest BCUT2D eigenvalue weighted by molar-refractivity contribution is 0.472. The Morgan fingerprint density at radius 3 is 2.96 bits per heavy atom. The van der Waals surface area contributed by atoms with Crippen molar-refractivity contribution in [2.75, 3.05) is 13.1 Å². The van der Waals surface area contributed by atoms with Crippen molar-refractivity contribution < 1.29 is 8.42 Å². The van der Waals surface area contributed by atoms with Gasteiger partial charge < -0.3 is 4.57 Å². The molecule has 0 unspecified atom stereocenters. The van der Waals surface area contributed by atoms with E-state index in [1.165, 1.54) is 11.3 Å². The lowest BCUT2D eigenvalue weighted by Gasteiger charge is -2.15. The molecule has 4 heterocycles. The van der Waals surface area contributed by atoms with E-state index in [2.05, 4.69) is 9.97 Å². The molecule has 1 aliphatic heterocycles. The molecule has 8 heteroatoms. The molecule has 0 N–H and O–H groups in total. The minimum absolute atomic E-state index is 0.113. The summed E-state index contributed by atoms with van der Waals surface area (Å²) in [5.41, 5.74) is 1.87. The number of thiophene rings is 1. The van der Waals surface area contributed by atoms with Crippen LogP contribution in [0.3, 0.4) is 0 Å². The number of aryl methyl sites for hydroxylation is 1. The summed E-state index contributed by atoms with van der Waals surface area (Å²) in [6, 6.07) is 5.31. The zero-order chi connectivity index (χ0) is 16.0. The number of sulfonamides is 1. The van der Waals surface area contributed by atoms with Crippen LogP contribution >= 0.6 is 11.3 Å². The topological polar surface area (TPSA) is 68.1 Å². The summed E-state index contributed by atoms with van der Waals surface area (Å²) >= 11 is 1.26. The van der Waals surface area contributed by atoms with E-state index in [1.807, 2.05) is 17.7 Å². The number of nitrogens with zero attached hydrogens (tertiary/aromatic N) is 4. The third-order valence-electron chi connectivity index (χ3n) is 4.32. The van der Waals surface area contributed by atoms with E-state index in [0.29, 0.717) is 17.3 Å². The molecule has 0 spiro atoms. The summed E-state index contributed by atoms with van der Waals surface area (Å²) < 4.78 is 29.3. The first-order chi connectivity index (χ1) is 11.1. The van der Waals surface area contributed by atoms with E-state index in [9.17, 15) is 8.42 Å². The van der Waals surface area contributed by atoms with Crippen LogP contribution in [0.25, 0.3) is 11.0 Å². The molecule has 0 bridgehead atoms. The zero-order valence-corrected chi connectivity index (χ0v) is 14.2. The summed E-state index contributed by atoms with van der Waals surface area (Å²) in [7, 11) is -1.42. The lowest BCUT2D eigenvalue weighted by Crippen LogP contribution is -2.28. The van der Waals surface area contributed by atoms with Crippen LogP contribution in [0.4, 0.5) is 0 Å². The van der Waals surface area contributed by atoms with Crippen molar-refractivity contribution in [1.82, 2.24) is 18.8 Å². The third-order valence-corrected chi connectivity index (χ3v) is 7.56. The minimum Gasteiger partial charge on any atom is -0.330 e. The van der Waals surface area contributed by atoms with Crippen molar-refractivity contribution in [1.29, 1.82) is 0 Å². The Bertz CT molecular complexity index is 947. The fourth-order valence-electron chi connectivity index (χ4n) is 3.11. The van der Waals surface area contributed by atoms with Crippen LogP contribution in [0, 0.1) is 0 Å². The Morgan fingerprint density at radius 2 is 2.22 bits per heavy atom. The first kappa shape index (κ1) is 14.8. The summed E-state index contributed by atoms with van der Waals surface area (Å²) in [5, 5.41) is 1.79. The Morgan fingerprint density at radius 1 is 1.35 bits per heavy atom. The number of aromatic nitrogens is 3. The van der Waals surface area contributed by atoms with E-state index in [-0.39, 0.29) is 5.92 Å². The SMILES string of the molecule is Cn1c([C@@H]2CCN(S(=O)(=O)c3cccs3)C2)nc2ccncc21. The van der Waals surface area contributed by atoms with Crippen molar-refractivity contribution in [3.05, 3.63) is 41.8 Å². The van der Waals surface area contributed by atoms with Crippen molar-refractivity contribution in [3.8, 4) is 0 Å². The quantitative estimate of drug-likeness (QED) is 0.728. The van der Waals surface area contributed by atoms with Crippen LogP contribution in [-0.4, -0.2) is 40.3 Å². The third kappa shape index (κ3) is 2.37. The van der Waals surface area contributed by atoms with Gasteiger partial charge in [0, 0.05) is 32.3 Å². The normalized spacial score (nSPS) is 19.6. The first-order valence-electron chi connectivity index (χ1n) is 7.37. The second kappa shape index (κ2) is 5.40. The van der Waals surface area contributed by atoms with E-state index in [4.69, 9.17) is 0 Å². The predicted octanol–water partition coefficient (Wildman–Crippen LogP) is 2.21. The van der Waals surface area contributed by atoms with Crippen LogP contribution in [0.1, 0.15) is 18.2 Å². The van der Waals surface area contributed by atoms with E-state index >= 15 is 0 Å². The Hall–Kier alpha value is -1.77. The van der Waals surface area contributed by atoms with Crippen LogP contribution in [0.2, 0.25) is 0 Å². The van der Waals surface area contributed by atoms with Gasteiger partial charge in [-0.1, -0.05) is 6.07 Å². The van der Waals surface area contributed by atoms with Crippen LogP contribution in [0.5, 0.6) is 0 Å². The van der Waals surface area contributed by atoms with Gasteiger partial charge in [0.1, 0.15) is 10.0 Å². The molecule has 0 radical (unpaired) electrons. The van der Waals surface area contributed by atoms with E-state index < -0.39 is 10.0 Å². The number of pyridine rings is 1. The highest BCUT2D eigenvalue weighted by Gasteiger charge is 2.35. The fraction of sp³-hybridized carbons (Fsp3) is 0.333. The molecule has 0 amide bonds. The van der Waals surface area contributed by atoms with Gasteiger partial charge in [-0.15, -0.1) is 11.3 Å². The highest BCUT2D eigenvalue weighted by molar-refractivity contribution is 7.91. The monoisotopic (exact) mass is 348 g/mol. The van der Waals surface area contributed by atoms with Gasteiger partial charge in [0.05, 0.1) is 17.2 Å². The molecule has 1 aliphatic rings. The molecule has 0 aromatic carbocycles. The highest BCUT2D eigenvalue weighted by Crippen LogP contribution is 2.32. The van der Waals surface area contributed by atoms with Gasteiger partial charge in [-0.3, -0.25) is 4.98 Å². The van der Waals surface area contributed by atoms with Gasteiger partial charge in [-0.05, 0) is 23.9 Å². The van der Waals surface area contributed by atoms with Gasteiger partial charge in [0.15, 0.2) is 0 Å². The average molecular weight is 348 g/mol. The molecule has 3 aromatic heterocycles. The fourth-order valence-corrected chi connectivity index (χ4v) is 5.76. The highest BCUT2D eigenvalue weighted by atomic mass is 32.2. The molecule has 0 saturated carbocycles. The minimum atomic E-state index is -3.38. The predicted molar refractivity (Wildman–Crippen MR) is 88.9 cm³/mol. The molecule has 120 valence electrons. The average Bonchev–Trinajstić information content (AvgIpc) is 3.28. The molecule has 6 nitrogen and oxygen atoms in total. The van der Waals surface area contributed by atoms with Gasteiger partial charge in [0.25, 0.3) is 10.0 Å². The molecule has 3 aromatic rings. The Labute approximate surface area is 138 Å². The first-order valence-corrected chi connectivity index (χ1v) is 9.69. The maximum Gasteiger partial charge on any atom is 0.252 e. The van der Waals surface area contributed by atoms with Gasteiger partial charge >= 0.3 is 0 Å². The zero-order valence-electron chi connectivity index (χ0n) is 12.6. The van der Waals surface area contributed by atoms with Crippen LogP contribution in [0.15, 0.2) is 40.2 Å². The van der Waals surface area contributed by atoms with Gasteiger partial charge in [0.2, 0.25) is 0 Å². The van der Waals surface area contributed by atoms with Crippen LogP contribution < -0.4 is 0 Å². The molecule has 1 fully saturated rings. The van der Waals surface area contributed by atoms with E-state index in [0.717, 1.165) is 23.3 Å². The van der Waals surface area contributed by atoms with Crippen molar-refractivity contribution in [3.63, 3.8) is 0 Å². The second-order valence-corrected chi connectivity index (χ2v) is 8.79. The standard InChI is InChI=1S/C15H16N4O2S2/c1-18-13-9-16-6-4-12(13)17-15(18)11-5-7-19(10-11)23(20,21)14-3-2-8-22-14/h2-4,6,8-9,11H,5,7,10H2,1H3/t11-/m1/s1. The second-order valence-electron chi connectivity index (χ2n) is 5.67.